The van der Waals surface area contributed by atoms with E-state index in [4.69, 9.17) is 4.74 Å². The Morgan fingerprint density at radius 3 is 2.66 bits per heavy atom. The SMILES string of the molecule is C[C@H](OC(=O)CCn1cnc2sccc2c1=O)C(=O)Nc1ccc(N2CCCCC2)cc1. The summed E-state index contributed by atoms with van der Waals surface area (Å²) in [6.07, 6.45) is 4.14. The van der Waals surface area contributed by atoms with Crippen LogP contribution in [-0.2, 0) is 20.9 Å². The Morgan fingerprint density at radius 1 is 1.16 bits per heavy atom. The Balaban J connectivity index is 1.26. The van der Waals surface area contributed by atoms with E-state index in [-0.39, 0.29) is 18.5 Å². The van der Waals surface area contributed by atoms with E-state index in [0.717, 1.165) is 18.8 Å². The molecule has 1 aliphatic heterocycles. The van der Waals surface area contributed by atoms with Crippen molar-refractivity contribution in [3.8, 4) is 0 Å². The average Bonchev–Trinajstić information content (AvgIpc) is 3.29. The van der Waals surface area contributed by atoms with E-state index < -0.39 is 18.0 Å². The zero-order chi connectivity index (χ0) is 22.5. The number of amides is 1. The molecule has 1 aromatic carbocycles. The van der Waals surface area contributed by atoms with Crippen LogP contribution >= 0.6 is 11.3 Å². The van der Waals surface area contributed by atoms with Gasteiger partial charge in [0.05, 0.1) is 18.1 Å². The highest BCUT2D eigenvalue weighted by Crippen LogP contribution is 2.22. The molecule has 0 radical (unpaired) electrons. The Labute approximate surface area is 189 Å². The molecule has 3 heterocycles. The first-order valence-electron chi connectivity index (χ1n) is 10.8. The predicted octanol–water partition coefficient (Wildman–Crippen LogP) is 3.41. The van der Waals surface area contributed by atoms with Gasteiger partial charge in [-0.3, -0.25) is 19.0 Å². The van der Waals surface area contributed by atoms with Gasteiger partial charge >= 0.3 is 5.97 Å². The number of aromatic nitrogens is 2. The summed E-state index contributed by atoms with van der Waals surface area (Å²) in [4.78, 5) is 44.2. The monoisotopic (exact) mass is 454 g/mol. The van der Waals surface area contributed by atoms with Crippen molar-refractivity contribution in [2.24, 2.45) is 0 Å². The highest BCUT2D eigenvalue weighted by molar-refractivity contribution is 7.16. The summed E-state index contributed by atoms with van der Waals surface area (Å²) >= 11 is 1.39. The van der Waals surface area contributed by atoms with E-state index in [1.807, 2.05) is 24.3 Å². The second kappa shape index (κ2) is 9.95. The first-order valence-corrected chi connectivity index (χ1v) is 11.7. The number of esters is 1. The van der Waals surface area contributed by atoms with Gasteiger partial charge in [0, 0.05) is 31.0 Å². The number of rotatable bonds is 7. The molecule has 1 fully saturated rings. The number of benzene rings is 1. The van der Waals surface area contributed by atoms with Gasteiger partial charge in [-0.2, -0.15) is 0 Å². The van der Waals surface area contributed by atoms with Crippen LogP contribution in [0.2, 0.25) is 0 Å². The Bertz CT molecular complexity index is 1150. The number of aryl methyl sites for hydroxylation is 1. The van der Waals surface area contributed by atoms with Gasteiger partial charge in [0.2, 0.25) is 0 Å². The van der Waals surface area contributed by atoms with Gasteiger partial charge < -0.3 is 15.0 Å². The van der Waals surface area contributed by atoms with Crippen LogP contribution in [-0.4, -0.2) is 40.6 Å². The molecule has 1 N–H and O–H groups in total. The average molecular weight is 455 g/mol. The summed E-state index contributed by atoms with van der Waals surface area (Å²) in [5, 5.41) is 5.12. The number of carbonyl (C=O) groups is 2. The van der Waals surface area contributed by atoms with Gasteiger partial charge in [0.1, 0.15) is 4.83 Å². The lowest BCUT2D eigenvalue weighted by atomic mass is 10.1. The minimum atomic E-state index is -0.946. The number of piperidine rings is 1. The standard InChI is InChI=1S/C23H26N4O4S/c1-16(21(29)25-17-5-7-18(8-6-17)26-11-3-2-4-12-26)31-20(28)9-13-27-15-24-22-19(23(27)30)10-14-32-22/h5-8,10,14-16H,2-4,9,11-13H2,1H3,(H,25,29)/t16-/m0/s1. The third kappa shape index (κ3) is 5.16. The lowest BCUT2D eigenvalue weighted by molar-refractivity contribution is -0.153. The van der Waals surface area contributed by atoms with Crippen molar-refractivity contribution in [3.05, 3.63) is 52.4 Å². The van der Waals surface area contributed by atoms with Crippen LogP contribution in [0.1, 0.15) is 32.6 Å². The number of anilines is 2. The molecule has 2 aromatic heterocycles. The fourth-order valence-electron chi connectivity index (χ4n) is 3.73. The molecule has 0 bridgehead atoms. The number of nitrogens with one attached hydrogen (secondary N) is 1. The van der Waals surface area contributed by atoms with Gasteiger partial charge in [-0.05, 0) is 61.9 Å². The maximum absolute atomic E-state index is 12.4. The zero-order valence-corrected chi connectivity index (χ0v) is 18.8. The topological polar surface area (TPSA) is 93.5 Å². The van der Waals surface area contributed by atoms with E-state index in [2.05, 4.69) is 15.2 Å². The number of carbonyl (C=O) groups excluding carboxylic acids is 2. The minimum Gasteiger partial charge on any atom is -0.452 e. The van der Waals surface area contributed by atoms with Crippen molar-refractivity contribution in [2.45, 2.75) is 45.3 Å². The molecule has 1 atom stereocenters. The largest absolute Gasteiger partial charge is 0.452 e. The molecule has 1 saturated heterocycles. The van der Waals surface area contributed by atoms with Gasteiger partial charge in [0.15, 0.2) is 6.10 Å². The summed E-state index contributed by atoms with van der Waals surface area (Å²) in [6, 6.07) is 9.42. The van der Waals surface area contributed by atoms with Gasteiger partial charge in [-0.15, -0.1) is 11.3 Å². The smallest absolute Gasteiger partial charge is 0.308 e. The summed E-state index contributed by atoms with van der Waals surface area (Å²) in [7, 11) is 0. The summed E-state index contributed by atoms with van der Waals surface area (Å²) in [5.74, 6) is -0.951. The normalized spacial score (nSPS) is 14.8. The molecule has 9 heteroatoms. The first-order chi connectivity index (χ1) is 15.5. The number of hydrogen-bond acceptors (Lipinski definition) is 7. The number of hydrogen-bond donors (Lipinski definition) is 1. The van der Waals surface area contributed by atoms with E-state index in [1.165, 1.54) is 48.4 Å². The molecule has 0 unspecified atom stereocenters. The van der Waals surface area contributed by atoms with Crippen molar-refractivity contribution >= 4 is 44.8 Å². The van der Waals surface area contributed by atoms with Crippen molar-refractivity contribution < 1.29 is 14.3 Å². The lowest BCUT2D eigenvalue weighted by Crippen LogP contribution is -2.31. The number of thiophene rings is 1. The van der Waals surface area contributed by atoms with Crippen LogP contribution < -0.4 is 15.8 Å². The molecule has 32 heavy (non-hydrogen) atoms. The van der Waals surface area contributed by atoms with Crippen molar-refractivity contribution in [3.63, 3.8) is 0 Å². The quantitative estimate of drug-likeness (QED) is 0.550. The van der Waals surface area contributed by atoms with Crippen LogP contribution in [0.25, 0.3) is 10.2 Å². The predicted molar refractivity (Wildman–Crippen MR) is 125 cm³/mol. The molecule has 168 valence electrons. The third-order valence-corrected chi connectivity index (χ3v) is 6.36. The van der Waals surface area contributed by atoms with Crippen LogP contribution in [0.15, 0.2) is 46.8 Å². The fourth-order valence-corrected chi connectivity index (χ4v) is 4.45. The highest BCUT2D eigenvalue weighted by Gasteiger charge is 2.19. The molecule has 3 aromatic rings. The molecule has 0 aliphatic carbocycles. The molecule has 0 saturated carbocycles. The van der Waals surface area contributed by atoms with Gasteiger partial charge in [0.25, 0.3) is 11.5 Å². The van der Waals surface area contributed by atoms with Crippen molar-refractivity contribution in [1.82, 2.24) is 9.55 Å². The molecule has 1 aliphatic rings. The van der Waals surface area contributed by atoms with Crippen LogP contribution in [0.3, 0.4) is 0 Å². The molecular weight excluding hydrogens is 428 g/mol. The van der Waals surface area contributed by atoms with Gasteiger partial charge in [-0.1, -0.05) is 0 Å². The maximum Gasteiger partial charge on any atom is 0.308 e. The molecule has 4 rings (SSSR count). The van der Waals surface area contributed by atoms with E-state index in [1.54, 1.807) is 11.4 Å². The number of nitrogens with zero attached hydrogens (tertiary/aromatic N) is 3. The summed E-state index contributed by atoms with van der Waals surface area (Å²) in [6.45, 7) is 3.78. The van der Waals surface area contributed by atoms with E-state index in [0.29, 0.717) is 15.9 Å². The molecule has 1 amide bonds. The molecule has 8 nitrogen and oxygen atoms in total. The van der Waals surface area contributed by atoms with Crippen LogP contribution in [0.4, 0.5) is 11.4 Å². The van der Waals surface area contributed by atoms with Crippen molar-refractivity contribution in [2.75, 3.05) is 23.3 Å². The molecule has 0 spiro atoms. The number of ether oxygens (including phenoxy) is 1. The third-order valence-electron chi connectivity index (χ3n) is 5.54. The summed E-state index contributed by atoms with van der Waals surface area (Å²) in [5.41, 5.74) is 1.61. The van der Waals surface area contributed by atoms with Crippen LogP contribution in [0, 0.1) is 0 Å². The van der Waals surface area contributed by atoms with Crippen LogP contribution in [0.5, 0.6) is 0 Å². The maximum atomic E-state index is 12.4. The second-order valence-corrected chi connectivity index (χ2v) is 8.74. The minimum absolute atomic E-state index is 0.0284. The van der Waals surface area contributed by atoms with E-state index in [9.17, 15) is 14.4 Å². The van der Waals surface area contributed by atoms with Gasteiger partial charge in [-0.25, -0.2) is 4.98 Å². The fraction of sp³-hybridized carbons (Fsp3) is 0.391. The Kier molecular flexibility index (Phi) is 6.84. The lowest BCUT2D eigenvalue weighted by Gasteiger charge is -2.28. The second-order valence-electron chi connectivity index (χ2n) is 7.85. The zero-order valence-electron chi connectivity index (χ0n) is 18.0. The molecular formula is C23H26N4O4S. The first kappa shape index (κ1) is 22.0. The Hall–Kier alpha value is -3.20. The van der Waals surface area contributed by atoms with E-state index >= 15 is 0 Å². The summed E-state index contributed by atoms with van der Waals surface area (Å²) < 4.78 is 6.62. The van der Waals surface area contributed by atoms with Crippen molar-refractivity contribution in [1.29, 1.82) is 0 Å². The Morgan fingerprint density at radius 2 is 1.91 bits per heavy atom. The number of fused-ring (bicyclic) bond motifs is 1. The highest BCUT2D eigenvalue weighted by atomic mass is 32.1.